The Morgan fingerprint density at radius 2 is 1.58 bits per heavy atom. The number of hydrogen-bond donors (Lipinski definition) is 0. The lowest BCUT2D eigenvalue weighted by molar-refractivity contribution is -0.203. The Bertz CT molecular complexity index is 619. The van der Waals surface area contributed by atoms with Crippen molar-refractivity contribution in [3.63, 3.8) is 0 Å². The highest BCUT2D eigenvalue weighted by Gasteiger charge is 2.60. The highest BCUT2D eigenvalue weighted by Crippen LogP contribution is 2.44. The smallest absolute Gasteiger partial charge is 0.232 e. The summed E-state index contributed by atoms with van der Waals surface area (Å²) in [4.78, 5) is 14.3. The second kappa shape index (κ2) is 7.52. The van der Waals surface area contributed by atoms with Crippen LogP contribution in [0.5, 0.6) is 5.75 Å². The van der Waals surface area contributed by atoms with Gasteiger partial charge in [0.05, 0.1) is 26.2 Å². The number of β-lactam (4-membered cyclic amide) rings is 1. The first kappa shape index (κ1) is 19.1. The van der Waals surface area contributed by atoms with Crippen molar-refractivity contribution in [3.05, 3.63) is 24.3 Å². The lowest BCUT2D eigenvalue weighted by atomic mass is 9.82. The van der Waals surface area contributed by atoms with Gasteiger partial charge in [0.1, 0.15) is 24.0 Å². The van der Waals surface area contributed by atoms with Crippen LogP contribution in [0, 0.1) is 5.92 Å². The third-order valence-electron chi connectivity index (χ3n) is 5.11. The summed E-state index contributed by atoms with van der Waals surface area (Å²) in [6.07, 6.45) is -0.490. The minimum atomic E-state index is -0.931. The maximum Gasteiger partial charge on any atom is 0.232 e. The molecule has 7 nitrogen and oxygen atoms in total. The van der Waals surface area contributed by atoms with Crippen molar-refractivity contribution in [1.82, 2.24) is 0 Å². The number of ether oxygens (including phenoxy) is 5. The fourth-order valence-corrected chi connectivity index (χ4v) is 3.88. The molecule has 144 valence electrons. The predicted octanol–water partition coefficient (Wildman–Crippen LogP) is 1.84. The van der Waals surface area contributed by atoms with Crippen LogP contribution < -0.4 is 9.64 Å². The van der Waals surface area contributed by atoms with Crippen molar-refractivity contribution in [2.45, 2.75) is 37.9 Å². The van der Waals surface area contributed by atoms with E-state index in [1.165, 1.54) is 0 Å². The number of hydrogen-bond acceptors (Lipinski definition) is 6. The molecular formula is C19H27NO6. The summed E-state index contributed by atoms with van der Waals surface area (Å²) in [5.41, 5.74) is 0.797. The van der Waals surface area contributed by atoms with Crippen LogP contribution in [0.4, 0.5) is 5.69 Å². The van der Waals surface area contributed by atoms with Crippen LogP contribution in [0.1, 0.15) is 13.8 Å². The van der Waals surface area contributed by atoms with E-state index in [-0.39, 0.29) is 30.1 Å². The number of methoxy groups -OCH3 is 3. The van der Waals surface area contributed by atoms with Crippen LogP contribution in [0.25, 0.3) is 0 Å². The standard InChI is InChI=1S/C19H27NO6/c1-12-17(19(2)25-15(10-22-3)16(26-19)11-23-4)20(18(12)21)13-6-8-14(24-5)9-7-13/h6-9,12,15-17H,10-11H2,1-5H3/t12-,15+,16+,17-/m1/s1. The van der Waals surface area contributed by atoms with Crippen molar-refractivity contribution in [2.24, 2.45) is 5.92 Å². The zero-order valence-corrected chi connectivity index (χ0v) is 15.9. The van der Waals surface area contributed by atoms with Crippen LogP contribution in [0.2, 0.25) is 0 Å². The molecule has 1 amide bonds. The van der Waals surface area contributed by atoms with E-state index in [1.54, 1.807) is 26.2 Å². The Morgan fingerprint density at radius 3 is 2.04 bits per heavy atom. The molecule has 2 saturated heterocycles. The van der Waals surface area contributed by atoms with Crippen LogP contribution in [0.15, 0.2) is 24.3 Å². The summed E-state index contributed by atoms with van der Waals surface area (Å²) in [5, 5.41) is 0. The van der Waals surface area contributed by atoms with E-state index < -0.39 is 5.79 Å². The van der Waals surface area contributed by atoms with Crippen molar-refractivity contribution < 1.29 is 28.5 Å². The Balaban J connectivity index is 1.84. The summed E-state index contributed by atoms with van der Waals surface area (Å²) in [5.74, 6) is -0.343. The summed E-state index contributed by atoms with van der Waals surface area (Å²) in [6.45, 7) is 4.60. The van der Waals surface area contributed by atoms with Gasteiger partial charge in [-0.15, -0.1) is 0 Å². The third kappa shape index (κ3) is 3.20. The van der Waals surface area contributed by atoms with Gasteiger partial charge in [0.2, 0.25) is 5.91 Å². The summed E-state index contributed by atoms with van der Waals surface area (Å²) in [6, 6.07) is 7.18. The van der Waals surface area contributed by atoms with Gasteiger partial charge in [-0.25, -0.2) is 0 Å². The highest BCUT2D eigenvalue weighted by atomic mass is 16.8. The second-order valence-electron chi connectivity index (χ2n) is 6.88. The topological polar surface area (TPSA) is 66.5 Å². The minimum Gasteiger partial charge on any atom is -0.497 e. The second-order valence-corrected chi connectivity index (χ2v) is 6.88. The molecule has 0 aliphatic carbocycles. The van der Waals surface area contributed by atoms with Gasteiger partial charge in [0.15, 0.2) is 5.79 Å². The molecule has 0 bridgehead atoms. The first-order valence-electron chi connectivity index (χ1n) is 8.75. The van der Waals surface area contributed by atoms with Gasteiger partial charge in [-0.3, -0.25) is 4.79 Å². The number of rotatable bonds is 7. The molecule has 0 saturated carbocycles. The molecule has 0 spiro atoms. The van der Waals surface area contributed by atoms with E-state index in [4.69, 9.17) is 23.7 Å². The number of benzene rings is 1. The van der Waals surface area contributed by atoms with Gasteiger partial charge < -0.3 is 28.6 Å². The number of carbonyl (C=O) groups excluding carboxylic acids is 1. The lowest BCUT2D eigenvalue weighted by Crippen LogP contribution is -2.69. The fraction of sp³-hybridized carbons (Fsp3) is 0.632. The van der Waals surface area contributed by atoms with E-state index in [2.05, 4.69) is 0 Å². The molecule has 26 heavy (non-hydrogen) atoms. The van der Waals surface area contributed by atoms with Crippen molar-refractivity contribution in [3.8, 4) is 5.75 Å². The summed E-state index contributed by atoms with van der Waals surface area (Å²) < 4.78 is 28.2. The van der Waals surface area contributed by atoms with Gasteiger partial charge in [-0.05, 0) is 31.2 Å². The number of nitrogens with zero attached hydrogens (tertiary/aromatic N) is 1. The van der Waals surface area contributed by atoms with Gasteiger partial charge in [-0.1, -0.05) is 6.92 Å². The fourth-order valence-electron chi connectivity index (χ4n) is 3.88. The van der Waals surface area contributed by atoms with Gasteiger partial charge >= 0.3 is 0 Å². The number of carbonyl (C=O) groups is 1. The average Bonchev–Trinajstić information content (AvgIpc) is 2.95. The molecule has 2 aliphatic heterocycles. The van der Waals surface area contributed by atoms with Crippen molar-refractivity contribution >= 4 is 11.6 Å². The van der Waals surface area contributed by atoms with E-state index in [9.17, 15) is 4.79 Å². The van der Waals surface area contributed by atoms with Crippen LogP contribution in [0.3, 0.4) is 0 Å². The minimum absolute atomic E-state index is 0.0482. The molecule has 0 radical (unpaired) electrons. The molecule has 1 aromatic rings. The Morgan fingerprint density at radius 1 is 1.04 bits per heavy atom. The third-order valence-corrected chi connectivity index (χ3v) is 5.11. The maximum absolute atomic E-state index is 12.6. The molecule has 0 aromatic heterocycles. The van der Waals surface area contributed by atoms with E-state index >= 15 is 0 Å². The molecule has 7 heteroatoms. The lowest BCUT2D eigenvalue weighted by Gasteiger charge is -2.51. The predicted molar refractivity (Wildman–Crippen MR) is 95.3 cm³/mol. The molecule has 4 atom stereocenters. The Labute approximate surface area is 154 Å². The average molecular weight is 365 g/mol. The molecule has 2 aliphatic rings. The Kier molecular flexibility index (Phi) is 5.53. The summed E-state index contributed by atoms with van der Waals surface area (Å²) >= 11 is 0. The maximum atomic E-state index is 12.6. The zero-order valence-electron chi connectivity index (χ0n) is 15.9. The first-order chi connectivity index (χ1) is 12.4. The first-order valence-corrected chi connectivity index (χ1v) is 8.75. The SMILES string of the molecule is COC[C@@H]1OC(C)([C@H]2[C@@H](C)C(=O)N2c2ccc(OC)cc2)O[C@H]1COC. The normalized spacial score (nSPS) is 30.3. The molecule has 2 heterocycles. The van der Waals surface area contributed by atoms with E-state index in [0.29, 0.717) is 13.2 Å². The van der Waals surface area contributed by atoms with Gasteiger partial charge in [-0.2, -0.15) is 0 Å². The molecular weight excluding hydrogens is 338 g/mol. The monoisotopic (exact) mass is 365 g/mol. The largest absolute Gasteiger partial charge is 0.497 e. The van der Waals surface area contributed by atoms with Gasteiger partial charge in [0.25, 0.3) is 0 Å². The molecule has 0 N–H and O–H groups in total. The van der Waals surface area contributed by atoms with Crippen LogP contribution >= 0.6 is 0 Å². The van der Waals surface area contributed by atoms with Crippen LogP contribution in [-0.4, -0.2) is 64.5 Å². The van der Waals surface area contributed by atoms with Crippen molar-refractivity contribution in [1.29, 1.82) is 0 Å². The highest BCUT2D eigenvalue weighted by molar-refractivity contribution is 6.03. The van der Waals surface area contributed by atoms with Crippen molar-refractivity contribution in [2.75, 3.05) is 39.4 Å². The molecule has 1 aromatic carbocycles. The number of amides is 1. The van der Waals surface area contributed by atoms with Crippen LogP contribution in [-0.2, 0) is 23.7 Å². The zero-order chi connectivity index (χ0) is 18.9. The molecule has 0 unspecified atom stereocenters. The molecule has 2 fully saturated rings. The molecule has 3 rings (SSSR count). The van der Waals surface area contributed by atoms with E-state index in [0.717, 1.165) is 11.4 Å². The number of anilines is 1. The van der Waals surface area contributed by atoms with Gasteiger partial charge in [0, 0.05) is 19.9 Å². The quantitative estimate of drug-likeness (QED) is 0.687. The Hall–Kier alpha value is -1.67. The summed E-state index contributed by atoms with van der Waals surface area (Å²) in [7, 11) is 4.87. The van der Waals surface area contributed by atoms with E-state index in [1.807, 2.05) is 38.1 Å².